The Labute approximate surface area is 98.3 Å². The predicted molar refractivity (Wildman–Crippen MR) is 68.0 cm³/mol. The van der Waals surface area contributed by atoms with Crippen molar-refractivity contribution in [2.45, 2.75) is 13.3 Å². The van der Waals surface area contributed by atoms with Crippen LogP contribution in [-0.4, -0.2) is 9.97 Å². The van der Waals surface area contributed by atoms with Gasteiger partial charge in [0.25, 0.3) is 0 Å². The molecule has 0 saturated carbocycles. The summed E-state index contributed by atoms with van der Waals surface area (Å²) >= 11 is 6.03. The average Bonchev–Trinajstić information content (AvgIpc) is 2.67. The lowest BCUT2D eigenvalue weighted by molar-refractivity contribution is 1.05. The van der Waals surface area contributed by atoms with E-state index in [1.165, 1.54) is 5.39 Å². The summed E-state index contributed by atoms with van der Waals surface area (Å²) in [6.07, 6.45) is 0.879. The summed E-state index contributed by atoms with van der Waals surface area (Å²) in [5, 5.41) is 2.93. The molecule has 0 aliphatic heterocycles. The first-order valence-corrected chi connectivity index (χ1v) is 5.73. The zero-order valence-electron chi connectivity index (χ0n) is 8.92. The van der Waals surface area contributed by atoms with Crippen LogP contribution in [0.5, 0.6) is 0 Å². The molecule has 0 radical (unpaired) electrons. The van der Waals surface area contributed by atoms with Gasteiger partial charge in [-0.2, -0.15) is 0 Å². The van der Waals surface area contributed by atoms with E-state index >= 15 is 0 Å². The van der Waals surface area contributed by atoms with E-state index in [9.17, 15) is 0 Å². The summed E-state index contributed by atoms with van der Waals surface area (Å²) in [5.41, 5.74) is 3.27. The monoisotopic (exact) mass is 230 g/mol. The van der Waals surface area contributed by atoms with Gasteiger partial charge in [-0.1, -0.05) is 36.7 Å². The Kier molecular flexibility index (Phi) is 2.11. The molecule has 0 bridgehead atoms. The largest absolute Gasteiger partial charge is 0.353 e. The first-order valence-electron chi connectivity index (χ1n) is 5.35. The second kappa shape index (κ2) is 3.49. The van der Waals surface area contributed by atoms with Crippen LogP contribution in [0.3, 0.4) is 0 Å². The average molecular weight is 231 g/mol. The van der Waals surface area contributed by atoms with E-state index in [-0.39, 0.29) is 0 Å². The number of aromatic amines is 1. The zero-order chi connectivity index (χ0) is 11.1. The van der Waals surface area contributed by atoms with Crippen LogP contribution in [0.25, 0.3) is 21.8 Å². The summed E-state index contributed by atoms with van der Waals surface area (Å²) in [6, 6.07) is 10.2. The lowest BCUT2D eigenvalue weighted by Gasteiger charge is -1.99. The number of hydrogen-bond acceptors (Lipinski definition) is 1. The fourth-order valence-corrected chi connectivity index (χ4v) is 2.34. The first kappa shape index (κ1) is 9.67. The smallest absolute Gasteiger partial charge is 0.130 e. The second-order valence-electron chi connectivity index (χ2n) is 3.84. The Balaban J connectivity index is 2.54. The molecule has 0 atom stereocenters. The summed E-state index contributed by atoms with van der Waals surface area (Å²) in [6.45, 7) is 2.09. The number of rotatable bonds is 1. The van der Waals surface area contributed by atoms with Crippen LogP contribution >= 0.6 is 11.6 Å². The quantitative estimate of drug-likeness (QED) is 0.631. The van der Waals surface area contributed by atoms with Crippen molar-refractivity contribution in [1.29, 1.82) is 0 Å². The minimum Gasteiger partial charge on any atom is -0.353 e. The number of pyridine rings is 1. The normalized spacial score (nSPS) is 11.4. The molecule has 0 unspecified atom stereocenters. The molecule has 3 heteroatoms. The molecular weight excluding hydrogens is 220 g/mol. The lowest BCUT2D eigenvalue weighted by atomic mass is 10.1. The van der Waals surface area contributed by atoms with Crippen molar-refractivity contribution in [1.82, 2.24) is 9.97 Å². The Hall–Kier alpha value is -1.54. The van der Waals surface area contributed by atoms with Crippen molar-refractivity contribution < 1.29 is 0 Å². The molecule has 16 heavy (non-hydrogen) atoms. The fourth-order valence-electron chi connectivity index (χ4n) is 2.13. The predicted octanol–water partition coefficient (Wildman–Crippen LogP) is 3.93. The highest BCUT2D eigenvalue weighted by Gasteiger charge is 2.09. The summed E-state index contributed by atoms with van der Waals surface area (Å²) in [4.78, 5) is 7.75. The molecule has 2 nitrogen and oxygen atoms in total. The molecule has 2 heterocycles. The Morgan fingerprint density at radius 3 is 2.88 bits per heavy atom. The lowest BCUT2D eigenvalue weighted by Crippen LogP contribution is -1.88. The van der Waals surface area contributed by atoms with Crippen LogP contribution in [-0.2, 0) is 6.42 Å². The number of nitrogens with zero attached hydrogens (tertiary/aromatic N) is 1. The van der Waals surface area contributed by atoms with Crippen LogP contribution in [0.1, 0.15) is 12.6 Å². The van der Waals surface area contributed by atoms with Gasteiger partial charge in [0.15, 0.2) is 0 Å². The van der Waals surface area contributed by atoms with E-state index in [2.05, 4.69) is 29.0 Å². The van der Waals surface area contributed by atoms with E-state index in [0.29, 0.717) is 5.15 Å². The highest BCUT2D eigenvalue weighted by molar-refractivity contribution is 6.30. The standard InChI is InChI=1S/C13H11ClN2/c1-2-10-13-9(7-12(14)15-10)8-5-3-4-6-11(8)16-13/h3-7,16H,2H2,1H3. The van der Waals surface area contributed by atoms with E-state index in [1.807, 2.05) is 18.2 Å². The second-order valence-corrected chi connectivity index (χ2v) is 4.23. The SMILES string of the molecule is CCc1nc(Cl)cc2c1[nH]c1ccccc12. The van der Waals surface area contributed by atoms with Crippen LogP contribution in [0, 0.1) is 0 Å². The Morgan fingerprint density at radius 1 is 1.25 bits per heavy atom. The molecule has 0 fully saturated rings. The van der Waals surface area contributed by atoms with E-state index in [1.54, 1.807) is 0 Å². The van der Waals surface area contributed by atoms with Crippen LogP contribution in [0.15, 0.2) is 30.3 Å². The maximum atomic E-state index is 6.03. The third-order valence-corrected chi connectivity index (χ3v) is 3.07. The van der Waals surface area contributed by atoms with Gasteiger partial charge in [-0.25, -0.2) is 4.98 Å². The van der Waals surface area contributed by atoms with Gasteiger partial charge in [-0.05, 0) is 18.6 Å². The molecule has 1 aromatic carbocycles. The summed E-state index contributed by atoms with van der Waals surface area (Å²) < 4.78 is 0. The van der Waals surface area contributed by atoms with Gasteiger partial charge >= 0.3 is 0 Å². The molecule has 80 valence electrons. The number of fused-ring (bicyclic) bond motifs is 3. The summed E-state index contributed by atoms with van der Waals surface area (Å²) in [7, 11) is 0. The van der Waals surface area contributed by atoms with Crippen molar-refractivity contribution in [2.24, 2.45) is 0 Å². The third-order valence-electron chi connectivity index (χ3n) is 2.87. The summed E-state index contributed by atoms with van der Waals surface area (Å²) in [5.74, 6) is 0. The maximum Gasteiger partial charge on any atom is 0.130 e. The molecule has 0 spiro atoms. The van der Waals surface area contributed by atoms with Crippen molar-refractivity contribution >= 4 is 33.4 Å². The van der Waals surface area contributed by atoms with Gasteiger partial charge in [-0.15, -0.1) is 0 Å². The number of nitrogens with one attached hydrogen (secondary N) is 1. The molecule has 3 rings (SSSR count). The van der Waals surface area contributed by atoms with Gasteiger partial charge in [0.1, 0.15) is 5.15 Å². The van der Waals surface area contributed by atoms with Crippen molar-refractivity contribution in [2.75, 3.05) is 0 Å². The van der Waals surface area contributed by atoms with Gasteiger partial charge in [0, 0.05) is 16.3 Å². The number of para-hydroxylation sites is 1. The number of benzene rings is 1. The molecule has 0 amide bonds. The molecule has 1 N–H and O–H groups in total. The molecule has 2 aromatic heterocycles. The van der Waals surface area contributed by atoms with Gasteiger partial charge in [0.2, 0.25) is 0 Å². The van der Waals surface area contributed by atoms with Gasteiger partial charge < -0.3 is 4.98 Å². The molecular formula is C13H11ClN2. The van der Waals surface area contributed by atoms with Crippen LogP contribution in [0.2, 0.25) is 5.15 Å². The molecule has 3 aromatic rings. The minimum atomic E-state index is 0.564. The number of H-pyrrole nitrogens is 1. The Morgan fingerprint density at radius 2 is 2.06 bits per heavy atom. The zero-order valence-corrected chi connectivity index (χ0v) is 9.67. The van der Waals surface area contributed by atoms with Gasteiger partial charge in [-0.3, -0.25) is 0 Å². The number of halogens is 1. The van der Waals surface area contributed by atoms with Crippen molar-refractivity contribution in [3.8, 4) is 0 Å². The molecule has 0 aliphatic carbocycles. The van der Waals surface area contributed by atoms with Crippen molar-refractivity contribution in [3.63, 3.8) is 0 Å². The van der Waals surface area contributed by atoms with Gasteiger partial charge in [0.05, 0.1) is 11.2 Å². The topological polar surface area (TPSA) is 28.7 Å². The fraction of sp³-hybridized carbons (Fsp3) is 0.154. The number of aryl methyl sites for hydroxylation is 1. The molecule has 0 aliphatic rings. The minimum absolute atomic E-state index is 0.564. The Bertz CT molecular complexity index is 670. The van der Waals surface area contributed by atoms with Crippen LogP contribution < -0.4 is 0 Å². The number of hydrogen-bond donors (Lipinski definition) is 1. The highest BCUT2D eigenvalue weighted by Crippen LogP contribution is 2.28. The molecule has 0 saturated heterocycles. The van der Waals surface area contributed by atoms with Crippen molar-refractivity contribution in [3.05, 3.63) is 41.2 Å². The maximum absolute atomic E-state index is 6.03. The first-order chi connectivity index (χ1) is 7.79. The van der Waals surface area contributed by atoms with Crippen LogP contribution in [0.4, 0.5) is 0 Å². The third kappa shape index (κ3) is 1.30. The van der Waals surface area contributed by atoms with E-state index in [4.69, 9.17) is 11.6 Å². The highest BCUT2D eigenvalue weighted by atomic mass is 35.5. The number of aromatic nitrogens is 2. The van der Waals surface area contributed by atoms with E-state index in [0.717, 1.165) is 28.5 Å². The van der Waals surface area contributed by atoms with E-state index < -0.39 is 0 Å².